The number of hydrogen-bond donors (Lipinski definition) is 2. The zero-order chi connectivity index (χ0) is 25.5. The van der Waals surface area contributed by atoms with Gasteiger partial charge in [0.1, 0.15) is 11.5 Å². The summed E-state index contributed by atoms with van der Waals surface area (Å²) in [6.07, 6.45) is 6.07. The number of rotatable bonds is 8. The SMILES string of the molecule is COc1ccc(C2C(C(=O)NCC(=O)NC3CCCCC3)CCC(=O)N2c2ccc(OC)cc2)cc1. The van der Waals surface area contributed by atoms with E-state index in [2.05, 4.69) is 10.6 Å². The quantitative estimate of drug-likeness (QED) is 0.584. The van der Waals surface area contributed by atoms with E-state index in [0.717, 1.165) is 31.2 Å². The number of nitrogens with one attached hydrogen (secondary N) is 2. The lowest BCUT2D eigenvalue weighted by Crippen LogP contribution is -2.50. The van der Waals surface area contributed by atoms with Gasteiger partial charge in [0.25, 0.3) is 0 Å². The van der Waals surface area contributed by atoms with Crippen molar-refractivity contribution >= 4 is 23.4 Å². The Morgan fingerprint density at radius 2 is 1.50 bits per heavy atom. The maximum Gasteiger partial charge on any atom is 0.239 e. The van der Waals surface area contributed by atoms with Crippen molar-refractivity contribution in [1.82, 2.24) is 10.6 Å². The molecule has 2 fully saturated rings. The monoisotopic (exact) mass is 493 g/mol. The summed E-state index contributed by atoms with van der Waals surface area (Å²) >= 11 is 0. The van der Waals surface area contributed by atoms with Gasteiger partial charge >= 0.3 is 0 Å². The molecule has 36 heavy (non-hydrogen) atoms. The predicted molar refractivity (Wildman–Crippen MR) is 137 cm³/mol. The molecule has 0 radical (unpaired) electrons. The average Bonchev–Trinajstić information content (AvgIpc) is 2.92. The molecule has 1 saturated carbocycles. The van der Waals surface area contributed by atoms with E-state index in [1.165, 1.54) is 6.42 Å². The Morgan fingerprint density at radius 1 is 0.889 bits per heavy atom. The van der Waals surface area contributed by atoms with Crippen LogP contribution in [0.1, 0.15) is 56.6 Å². The zero-order valence-corrected chi connectivity index (χ0v) is 21.0. The van der Waals surface area contributed by atoms with Gasteiger partial charge in [-0.3, -0.25) is 14.4 Å². The van der Waals surface area contributed by atoms with Gasteiger partial charge in [0, 0.05) is 18.2 Å². The summed E-state index contributed by atoms with van der Waals surface area (Å²) in [4.78, 5) is 40.8. The van der Waals surface area contributed by atoms with Crippen LogP contribution in [0.25, 0.3) is 0 Å². The van der Waals surface area contributed by atoms with Crippen molar-refractivity contribution in [2.45, 2.75) is 57.0 Å². The van der Waals surface area contributed by atoms with Crippen molar-refractivity contribution in [2.75, 3.05) is 25.7 Å². The summed E-state index contributed by atoms with van der Waals surface area (Å²) in [6.45, 7) is -0.0718. The highest BCUT2D eigenvalue weighted by atomic mass is 16.5. The van der Waals surface area contributed by atoms with Crippen molar-refractivity contribution in [3.05, 3.63) is 54.1 Å². The van der Waals surface area contributed by atoms with Gasteiger partial charge in [0.15, 0.2) is 0 Å². The summed E-state index contributed by atoms with van der Waals surface area (Å²) in [5.41, 5.74) is 1.51. The number of ether oxygens (including phenoxy) is 2. The second-order valence-corrected chi connectivity index (χ2v) is 9.45. The third-order valence-corrected chi connectivity index (χ3v) is 7.14. The van der Waals surface area contributed by atoms with Gasteiger partial charge in [-0.2, -0.15) is 0 Å². The van der Waals surface area contributed by atoms with Crippen LogP contribution in [0.5, 0.6) is 11.5 Å². The molecule has 192 valence electrons. The van der Waals surface area contributed by atoms with E-state index in [9.17, 15) is 14.4 Å². The lowest BCUT2D eigenvalue weighted by molar-refractivity contribution is -0.131. The minimum Gasteiger partial charge on any atom is -0.497 e. The fourth-order valence-corrected chi connectivity index (χ4v) is 5.22. The van der Waals surface area contributed by atoms with Crippen molar-refractivity contribution < 1.29 is 23.9 Å². The summed E-state index contributed by atoms with van der Waals surface area (Å²) in [5.74, 6) is 0.399. The lowest BCUT2D eigenvalue weighted by atomic mass is 9.83. The van der Waals surface area contributed by atoms with E-state index in [1.54, 1.807) is 31.3 Å². The highest BCUT2D eigenvalue weighted by Gasteiger charge is 2.41. The molecular formula is C28H35N3O5. The normalized spacial score (nSPS) is 20.5. The molecule has 3 amide bonds. The molecule has 0 bridgehead atoms. The summed E-state index contributed by atoms with van der Waals surface area (Å²) in [7, 11) is 3.18. The largest absolute Gasteiger partial charge is 0.497 e. The third kappa shape index (κ3) is 5.98. The van der Waals surface area contributed by atoms with Gasteiger partial charge in [-0.1, -0.05) is 31.4 Å². The van der Waals surface area contributed by atoms with Crippen LogP contribution in [0.4, 0.5) is 5.69 Å². The molecule has 2 N–H and O–H groups in total. The second kappa shape index (κ2) is 11.9. The number of amides is 3. The molecule has 1 heterocycles. The zero-order valence-electron chi connectivity index (χ0n) is 21.0. The molecule has 0 spiro atoms. The molecule has 2 atom stereocenters. The molecule has 8 heteroatoms. The highest BCUT2D eigenvalue weighted by molar-refractivity contribution is 5.98. The number of methoxy groups -OCH3 is 2. The molecule has 1 aliphatic carbocycles. The lowest BCUT2D eigenvalue weighted by Gasteiger charge is -2.41. The number of carbonyl (C=O) groups is 3. The van der Waals surface area contributed by atoms with Gasteiger partial charge in [0.05, 0.1) is 32.7 Å². The van der Waals surface area contributed by atoms with Crippen LogP contribution in [-0.4, -0.2) is 44.5 Å². The van der Waals surface area contributed by atoms with E-state index in [4.69, 9.17) is 9.47 Å². The maximum absolute atomic E-state index is 13.4. The number of anilines is 1. The molecule has 1 saturated heterocycles. The van der Waals surface area contributed by atoms with Gasteiger partial charge in [-0.05, 0) is 61.2 Å². The van der Waals surface area contributed by atoms with Gasteiger partial charge in [0.2, 0.25) is 17.7 Å². The Bertz CT molecular complexity index is 1050. The van der Waals surface area contributed by atoms with E-state index in [-0.39, 0.29) is 36.7 Å². The van der Waals surface area contributed by atoms with Crippen LogP contribution < -0.4 is 25.0 Å². The molecule has 4 rings (SSSR count). The summed E-state index contributed by atoms with van der Waals surface area (Å²) in [6, 6.07) is 14.3. The third-order valence-electron chi connectivity index (χ3n) is 7.14. The Labute approximate surface area is 212 Å². The molecule has 2 aromatic rings. The molecular weight excluding hydrogens is 458 g/mol. The topological polar surface area (TPSA) is 97.0 Å². The van der Waals surface area contributed by atoms with Gasteiger partial charge in [-0.25, -0.2) is 0 Å². The van der Waals surface area contributed by atoms with Crippen LogP contribution in [0.3, 0.4) is 0 Å². The van der Waals surface area contributed by atoms with Crippen molar-refractivity contribution in [1.29, 1.82) is 0 Å². The predicted octanol–water partition coefficient (Wildman–Crippen LogP) is 3.75. The number of carbonyl (C=O) groups excluding carboxylic acids is 3. The van der Waals surface area contributed by atoms with Gasteiger partial charge < -0.3 is 25.0 Å². The second-order valence-electron chi connectivity index (χ2n) is 9.45. The Kier molecular flexibility index (Phi) is 8.46. The fraction of sp³-hybridized carbons (Fsp3) is 0.464. The molecule has 1 aliphatic heterocycles. The smallest absolute Gasteiger partial charge is 0.239 e. The number of benzene rings is 2. The van der Waals surface area contributed by atoms with Gasteiger partial charge in [-0.15, -0.1) is 0 Å². The van der Waals surface area contributed by atoms with Crippen LogP contribution in [-0.2, 0) is 14.4 Å². The summed E-state index contributed by atoms with van der Waals surface area (Å²) in [5, 5.41) is 5.88. The fourth-order valence-electron chi connectivity index (χ4n) is 5.22. The standard InChI is InChI=1S/C28H35N3O5/c1-35-22-12-8-19(9-13-22)27-24(28(34)29-18-25(32)30-20-6-4-3-5-7-20)16-17-26(33)31(27)21-10-14-23(36-2)15-11-21/h8-15,20,24,27H,3-7,16-18H2,1-2H3,(H,29,34)(H,30,32). The molecule has 2 aromatic carbocycles. The van der Waals surface area contributed by atoms with E-state index in [1.807, 2.05) is 36.4 Å². The van der Waals surface area contributed by atoms with Crippen LogP contribution in [0.2, 0.25) is 0 Å². The number of hydrogen-bond acceptors (Lipinski definition) is 5. The van der Waals surface area contributed by atoms with Crippen LogP contribution >= 0.6 is 0 Å². The minimum atomic E-state index is -0.521. The first-order valence-corrected chi connectivity index (χ1v) is 12.7. The molecule has 8 nitrogen and oxygen atoms in total. The Balaban J connectivity index is 1.55. The van der Waals surface area contributed by atoms with E-state index < -0.39 is 12.0 Å². The molecule has 2 aliphatic rings. The average molecular weight is 494 g/mol. The highest BCUT2D eigenvalue weighted by Crippen LogP contribution is 2.40. The first-order valence-electron chi connectivity index (χ1n) is 12.7. The van der Waals surface area contributed by atoms with Crippen LogP contribution in [0.15, 0.2) is 48.5 Å². The molecule has 2 unspecified atom stereocenters. The van der Waals surface area contributed by atoms with Crippen molar-refractivity contribution in [2.24, 2.45) is 5.92 Å². The number of piperidine rings is 1. The van der Waals surface area contributed by atoms with Crippen LogP contribution in [0, 0.1) is 5.92 Å². The molecule has 0 aromatic heterocycles. The van der Waals surface area contributed by atoms with Crippen molar-refractivity contribution in [3.63, 3.8) is 0 Å². The Morgan fingerprint density at radius 3 is 2.11 bits per heavy atom. The maximum atomic E-state index is 13.4. The van der Waals surface area contributed by atoms with E-state index >= 15 is 0 Å². The Hall–Kier alpha value is -3.55. The first kappa shape index (κ1) is 25.5. The first-order chi connectivity index (χ1) is 17.5. The number of nitrogens with zero attached hydrogens (tertiary/aromatic N) is 1. The van der Waals surface area contributed by atoms with E-state index in [0.29, 0.717) is 23.6 Å². The van der Waals surface area contributed by atoms with Crippen molar-refractivity contribution in [3.8, 4) is 11.5 Å². The summed E-state index contributed by atoms with van der Waals surface area (Å²) < 4.78 is 10.6. The minimum absolute atomic E-state index is 0.0555.